The van der Waals surface area contributed by atoms with Crippen molar-refractivity contribution in [3.8, 4) is 0 Å². The number of methoxy groups -OCH3 is 1. The Hall–Kier alpha value is -4.07. The zero-order valence-electron chi connectivity index (χ0n) is 25.4. The number of carbonyl (C=O) groups excluding carboxylic acids is 3. The maximum atomic E-state index is 13.4. The van der Waals surface area contributed by atoms with Crippen molar-refractivity contribution in [2.24, 2.45) is 0 Å². The predicted octanol–water partition coefficient (Wildman–Crippen LogP) is 7.01. The molecule has 2 N–H and O–H groups in total. The van der Waals surface area contributed by atoms with Crippen molar-refractivity contribution in [1.82, 2.24) is 19.9 Å². The van der Waals surface area contributed by atoms with E-state index in [4.69, 9.17) is 14.7 Å². The van der Waals surface area contributed by atoms with Crippen LogP contribution in [0.2, 0.25) is 0 Å². The fourth-order valence-corrected chi connectivity index (χ4v) is 7.32. The largest absolute Gasteiger partial charge is 0.469 e. The first-order chi connectivity index (χ1) is 20.0. The molecule has 0 fully saturated rings. The lowest BCUT2D eigenvalue weighted by Crippen LogP contribution is -2.09. The lowest BCUT2D eigenvalue weighted by molar-refractivity contribution is -0.140. The summed E-state index contributed by atoms with van der Waals surface area (Å²) in [5, 5.41) is 0. The Labute approximate surface area is 245 Å². The Morgan fingerprint density at radius 2 is 1.57 bits per heavy atom. The van der Waals surface area contributed by atoms with Crippen molar-refractivity contribution >= 4 is 39.6 Å². The van der Waals surface area contributed by atoms with E-state index in [1.54, 1.807) is 6.92 Å². The van der Waals surface area contributed by atoms with Gasteiger partial charge in [0.15, 0.2) is 11.6 Å². The van der Waals surface area contributed by atoms with Gasteiger partial charge in [-0.3, -0.25) is 24.4 Å². The van der Waals surface area contributed by atoms with Crippen LogP contribution in [0, 0.1) is 13.8 Å². The average molecular weight is 567 g/mol. The van der Waals surface area contributed by atoms with Gasteiger partial charge in [-0.2, -0.15) is 0 Å². The average Bonchev–Trinajstić information content (AvgIpc) is 3.70. The molecule has 8 heteroatoms. The van der Waals surface area contributed by atoms with Gasteiger partial charge in [-0.1, -0.05) is 20.8 Å². The third-order valence-electron chi connectivity index (χ3n) is 9.77. The quantitative estimate of drug-likeness (QED) is 0.253. The minimum Gasteiger partial charge on any atom is -0.469 e. The van der Waals surface area contributed by atoms with Crippen LogP contribution in [-0.4, -0.2) is 44.6 Å². The van der Waals surface area contributed by atoms with E-state index in [0.717, 1.165) is 73.5 Å². The van der Waals surface area contributed by atoms with Crippen molar-refractivity contribution in [2.75, 3.05) is 7.11 Å². The van der Waals surface area contributed by atoms with Crippen molar-refractivity contribution in [3.63, 3.8) is 0 Å². The topological polar surface area (TPSA) is 118 Å². The molecule has 6 rings (SSSR count). The Kier molecular flexibility index (Phi) is 6.90. The Bertz CT molecular complexity index is 1830. The number of ketones is 2. The lowest BCUT2D eigenvalue weighted by Gasteiger charge is -2.16. The van der Waals surface area contributed by atoms with Crippen LogP contribution in [0.3, 0.4) is 0 Å². The number of rotatable bonds is 5. The highest BCUT2D eigenvalue weighted by Crippen LogP contribution is 2.45. The van der Waals surface area contributed by atoms with E-state index in [1.165, 1.54) is 7.11 Å². The van der Waals surface area contributed by atoms with Crippen molar-refractivity contribution in [3.05, 3.63) is 68.8 Å². The van der Waals surface area contributed by atoms with Gasteiger partial charge in [-0.05, 0) is 62.9 Å². The maximum absolute atomic E-state index is 13.4. The summed E-state index contributed by atoms with van der Waals surface area (Å²) in [5.41, 5.74) is 11.0. The van der Waals surface area contributed by atoms with E-state index < -0.39 is 0 Å². The smallest absolute Gasteiger partial charge is 0.305 e. The molecular formula is C34H38N4O4. The molecule has 8 bridgehead atoms. The number of aromatic nitrogens is 4. The lowest BCUT2D eigenvalue weighted by atomic mass is 9.85. The van der Waals surface area contributed by atoms with Crippen LogP contribution < -0.4 is 0 Å². The molecule has 2 aliphatic heterocycles. The SMILES string of the molecule is CCC1c2cc3[nH]c4c(c5nc(cc6[nH]c(cc(n2)[C@@H]1C)c(C(C)=O)c6C)[C@@H](C)C5CCC(=O)OC)CC(=O)c4c3C. The third kappa shape index (κ3) is 4.30. The molecule has 2 unspecified atom stereocenters. The van der Waals surface area contributed by atoms with Gasteiger partial charge in [0.25, 0.3) is 0 Å². The van der Waals surface area contributed by atoms with Gasteiger partial charge < -0.3 is 14.7 Å². The number of H-pyrrole nitrogens is 2. The van der Waals surface area contributed by atoms with Crippen molar-refractivity contribution in [1.29, 1.82) is 0 Å². The highest BCUT2D eigenvalue weighted by Gasteiger charge is 2.36. The van der Waals surface area contributed by atoms with Crippen LogP contribution >= 0.6 is 0 Å². The molecule has 0 amide bonds. The zero-order valence-corrected chi connectivity index (χ0v) is 25.4. The summed E-state index contributed by atoms with van der Waals surface area (Å²) < 4.78 is 4.95. The van der Waals surface area contributed by atoms with Gasteiger partial charge in [-0.15, -0.1) is 0 Å². The van der Waals surface area contributed by atoms with Crippen molar-refractivity contribution < 1.29 is 19.1 Å². The predicted molar refractivity (Wildman–Crippen MR) is 162 cm³/mol. The van der Waals surface area contributed by atoms with Gasteiger partial charge in [-0.25, -0.2) is 0 Å². The molecule has 0 radical (unpaired) electrons. The molecule has 0 saturated heterocycles. The number of ether oxygens (including phenoxy) is 1. The molecule has 8 nitrogen and oxygen atoms in total. The highest BCUT2D eigenvalue weighted by atomic mass is 16.5. The van der Waals surface area contributed by atoms with E-state index in [0.29, 0.717) is 12.0 Å². The number of esters is 1. The third-order valence-corrected chi connectivity index (χ3v) is 9.77. The minimum absolute atomic E-state index is 0.00646. The number of hydrogen-bond acceptors (Lipinski definition) is 6. The van der Waals surface area contributed by atoms with Gasteiger partial charge >= 0.3 is 5.97 Å². The molecule has 3 aromatic rings. The monoisotopic (exact) mass is 566 g/mol. The van der Waals surface area contributed by atoms with Crippen LogP contribution in [-0.2, 0) is 16.0 Å². The number of hydrogen-bond donors (Lipinski definition) is 2. The van der Waals surface area contributed by atoms with Crippen LogP contribution in [0.1, 0.15) is 131 Å². The van der Waals surface area contributed by atoms with E-state index in [-0.39, 0.29) is 54.0 Å². The molecule has 5 heterocycles. The molecule has 1 aliphatic carbocycles. The van der Waals surface area contributed by atoms with Crippen LogP contribution in [0.15, 0.2) is 18.2 Å². The van der Waals surface area contributed by atoms with E-state index in [9.17, 15) is 14.4 Å². The number of aromatic amines is 2. The van der Waals surface area contributed by atoms with E-state index in [1.807, 2.05) is 26.0 Å². The van der Waals surface area contributed by atoms with Crippen molar-refractivity contribution in [2.45, 2.75) is 90.9 Å². The fraction of sp³-hybridized carbons (Fsp3) is 0.441. The minimum atomic E-state index is -0.266. The summed E-state index contributed by atoms with van der Waals surface area (Å²) in [4.78, 5) is 55.8. The first-order valence-corrected chi connectivity index (χ1v) is 14.9. The number of aryl methyl sites for hydroxylation is 2. The standard InChI is InChI=1S/C34H38N4O4/c1-8-20-15(2)23-14-28-31(19(6)39)17(4)25(36-28)12-24-16(3)21(9-10-30(41)42-7)33(37-24)22-11-29(40)32-18(5)26(38-34(22)32)13-27(20)35-23/h12-16,20-21,36,38H,8-11H2,1-7H3/t15-,16+,20?,21?/m1/s1. The Morgan fingerprint density at radius 3 is 2.26 bits per heavy atom. The van der Waals surface area contributed by atoms with Gasteiger partial charge in [0, 0.05) is 81.3 Å². The van der Waals surface area contributed by atoms with Gasteiger partial charge in [0.1, 0.15) is 0 Å². The van der Waals surface area contributed by atoms with Crippen LogP contribution in [0.25, 0.3) is 22.1 Å². The molecule has 4 atom stereocenters. The summed E-state index contributed by atoms with van der Waals surface area (Å²) in [7, 11) is 1.40. The zero-order chi connectivity index (χ0) is 30.0. The van der Waals surface area contributed by atoms with Gasteiger partial charge in [0.2, 0.25) is 0 Å². The molecule has 0 saturated carbocycles. The number of carbonyl (C=O) groups is 3. The summed E-state index contributed by atoms with van der Waals surface area (Å²) in [5.74, 6) is 0.123. The molecular weight excluding hydrogens is 528 g/mol. The molecule has 218 valence electrons. The maximum Gasteiger partial charge on any atom is 0.305 e. The molecule has 3 aliphatic rings. The van der Waals surface area contributed by atoms with E-state index >= 15 is 0 Å². The highest BCUT2D eigenvalue weighted by molar-refractivity contribution is 6.13. The van der Waals surface area contributed by atoms with Crippen LogP contribution in [0.5, 0.6) is 0 Å². The second-order valence-electron chi connectivity index (χ2n) is 12.1. The molecule has 0 aromatic carbocycles. The number of nitrogens with one attached hydrogen (secondary N) is 2. The first-order valence-electron chi connectivity index (χ1n) is 14.9. The Morgan fingerprint density at radius 1 is 0.929 bits per heavy atom. The molecule has 42 heavy (non-hydrogen) atoms. The number of Topliss-reactive ketones (excluding diaryl/α,β-unsaturated/α-hetero) is 2. The summed E-state index contributed by atoms with van der Waals surface area (Å²) >= 11 is 0. The van der Waals surface area contributed by atoms with E-state index in [2.05, 4.69) is 36.8 Å². The summed E-state index contributed by atoms with van der Waals surface area (Å²) in [6, 6.07) is 6.14. The normalized spacial score (nSPS) is 21.2. The molecule has 3 aromatic heterocycles. The first kappa shape index (κ1) is 28.1. The van der Waals surface area contributed by atoms with Gasteiger partial charge in [0.05, 0.1) is 23.8 Å². The fourth-order valence-electron chi connectivity index (χ4n) is 7.32. The summed E-state index contributed by atoms with van der Waals surface area (Å²) in [6.07, 6.45) is 2.01. The Balaban J connectivity index is 1.74. The van der Waals surface area contributed by atoms with Crippen LogP contribution in [0.4, 0.5) is 0 Å². The number of fused-ring (bicyclic) bond motifs is 8. The summed E-state index contributed by atoms with van der Waals surface area (Å²) in [6.45, 7) is 12.0. The second kappa shape index (κ2) is 10.3. The number of nitrogens with zero attached hydrogens (tertiary/aromatic N) is 2. The second-order valence-corrected chi connectivity index (χ2v) is 12.1. The molecule has 0 spiro atoms.